The number of nitrogens with zero attached hydrogens (tertiary/aromatic N) is 1. The van der Waals surface area contributed by atoms with Gasteiger partial charge in [0.25, 0.3) is 0 Å². The molecule has 0 radical (unpaired) electrons. The summed E-state index contributed by atoms with van der Waals surface area (Å²) >= 11 is 0. The Morgan fingerprint density at radius 2 is 1.58 bits per heavy atom. The third kappa shape index (κ3) is 11.8. The molecule has 0 amide bonds. The summed E-state index contributed by atoms with van der Waals surface area (Å²) in [6.07, 6.45) is 1.77. The van der Waals surface area contributed by atoms with Crippen molar-refractivity contribution in [2.75, 3.05) is 32.0 Å². The molecule has 252 valence electrons. The van der Waals surface area contributed by atoms with Crippen LogP contribution in [0.25, 0.3) is 11.1 Å². The smallest absolute Gasteiger partial charge is 0.453 e. The van der Waals surface area contributed by atoms with Crippen LogP contribution in [0.4, 0.5) is 22.0 Å². The number of rotatable bonds is 19. The highest BCUT2D eigenvalue weighted by molar-refractivity contribution is 7.85. The van der Waals surface area contributed by atoms with Crippen LogP contribution in [0.2, 0.25) is 0 Å². The zero-order chi connectivity index (χ0) is 32.9. The first-order valence-corrected chi connectivity index (χ1v) is 17.6. The molecule has 2 aromatic rings. The van der Waals surface area contributed by atoms with E-state index in [-0.39, 0.29) is 12.4 Å². The highest BCUT2D eigenvalue weighted by Gasteiger charge is 2.56. The van der Waals surface area contributed by atoms with Gasteiger partial charge in [0, 0.05) is 41.4 Å². The van der Waals surface area contributed by atoms with Gasteiger partial charge in [0.15, 0.2) is 0 Å². The fraction of sp³-hybridized carbons (Fsp3) is 0.600. The van der Waals surface area contributed by atoms with Crippen molar-refractivity contribution >= 4 is 21.9 Å². The van der Waals surface area contributed by atoms with Crippen LogP contribution >= 0.6 is 0 Å². The molecule has 0 aromatic heterocycles. The van der Waals surface area contributed by atoms with Crippen molar-refractivity contribution < 1.29 is 36.4 Å². The Hall–Kier alpha value is -2.30. The summed E-state index contributed by atoms with van der Waals surface area (Å²) in [4.78, 5) is 2.21. The molecule has 4 nitrogen and oxygen atoms in total. The summed E-state index contributed by atoms with van der Waals surface area (Å²) in [6.45, 7) is 3.66. The molecule has 0 saturated heterocycles. The van der Waals surface area contributed by atoms with Crippen LogP contribution in [0.5, 0.6) is 5.75 Å². The lowest BCUT2D eigenvalue weighted by atomic mass is 9.89. The normalized spacial score (nSPS) is 15.6. The van der Waals surface area contributed by atoms with E-state index in [9.17, 15) is 36.4 Å². The zero-order valence-corrected chi connectivity index (χ0v) is 27.1. The van der Waals surface area contributed by atoms with E-state index in [2.05, 4.69) is 35.2 Å². The first kappa shape index (κ1) is 37.2. The van der Waals surface area contributed by atoms with Crippen LogP contribution in [0.15, 0.2) is 48.5 Å². The van der Waals surface area contributed by atoms with Crippen molar-refractivity contribution in [2.24, 2.45) is 0 Å². The van der Waals surface area contributed by atoms with Crippen molar-refractivity contribution in [1.29, 1.82) is 0 Å². The fourth-order valence-electron chi connectivity index (χ4n) is 6.00. The molecule has 3 rings (SSSR count). The summed E-state index contributed by atoms with van der Waals surface area (Å²) < 4.78 is 76.3. The van der Waals surface area contributed by atoms with Gasteiger partial charge in [0.1, 0.15) is 5.75 Å². The highest BCUT2D eigenvalue weighted by Crippen LogP contribution is 2.40. The molecule has 45 heavy (non-hydrogen) atoms. The molecule has 0 fully saturated rings. The van der Waals surface area contributed by atoms with Gasteiger partial charge in [-0.15, -0.1) is 0 Å². The van der Waals surface area contributed by atoms with E-state index < -0.39 is 41.0 Å². The maximum absolute atomic E-state index is 13.2. The predicted octanol–water partition coefficient (Wildman–Crippen LogP) is 8.78. The third-order valence-corrected chi connectivity index (χ3v) is 10.4. The summed E-state index contributed by atoms with van der Waals surface area (Å²) in [5, 5.41) is 18.7. The second kappa shape index (κ2) is 18.1. The minimum atomic E-state index is -5.59. The van der Waals surface area contributed by atoms with Gasteiger partial charge in [0.2, 0.25) is 0 Å². The van der Waals surface area contributed by atoms with E-state index in [1.54, 1.807) is 6.07 Å². The number of aliphatic hydroxyl groups is 1. The SMILES string of the molecule is C[C@@H](CCC(F)(F)C(F)(F)F)S(=O)CCCN(CCCO)CCCCCCC1=C(c2ccccc2)CCCc2cc(O)ccc21. The quantitative estimate of drug-likeness (QED) is 0.117. The Labute approximate surface area is 267 Å². The van der Waals surface area contributed by atoms with Crippen molar-refractivity contribution in [2.45, 2.75) is 101 Å². The average Bonchev–Trinajstić information content (AvgIpc) is 3.18. The maximum Gasteiger partial charge on any atom is 0.453 e. The number of phenols is 1. The number of aliphatic hydroxyl groups excluding tert-OH is 1. The summed E-state index contributed by atoms with van der Waals surface area (Å²) in [7, 11) is -1.49. The fourth-order valence-corrected chi connectivity index (χ4v) is 7.20. The number of hydrogen-bond acceptors (Lipinski definition) is 4. The number of phenolic OH excluding ortho intramolecular Hbond substituents is 1. The number of benzene rings is 2. The van der Waals surface area contributed by atoms with Gasteiger partial charge in [-0.1, -0.05) is 56.2 Å². The Morgan fingerprint density at radius 3 is 2.29 bits per heavy atom. The highest BCUT2D eigenvalue weighted by atomic mass is 32.2. The van der Waals surface area contributed by atoms with Crippen LogP contribution in [-0.2, 0) is 17.2 Å². The summed E-state index contributed by atoms with van der Waals surface area (Å²) in [6, 6.07) is 16.2. The zero-order valence-electron chi connectivity index (χ0n) is 26.3. The number of fused-ring (bicyclic) bond motifs is 1. The summed E-state index contributed by atoms with van der Waals surface area (Å²) in [5.41, 5.74) is 6.44. The van der Waals surface area contributed by atoms with Gasteiger partial charge in [-0.05, 0) is 111 Å². The van der Waals surface area contributed by atoms with Crippen molar-refractivity contribution in [3.05, 3.63) is 65.2 Å². The first-order valence-electron chi connectivity index (χ1n) is 16.2. The minimum Gasteiger partial charge on any atom is -0.508 e. The van der Waals surface area contributed by atoms with Crippen LogP contribution in [0, 0.1) is 0 Å². The lowest BCUT2D eigenvalue weighted by molar-refractivity contribution is -0.284. The molecule has 0 heterocycles. The number of unbranched alkanes of at least 4 members (excludes halogenated alkanes) is 3. The van der Waals surface area contributed by atoms with Gasteiger partial charge in [-0.2, -0.15) is 22.0 Å². The maximum atomic E-state index is 13.2. The molecule has 2 aromatic carbocycles. The minimum absolute atomic E-state index is 0.0605. The molecule has 10 heteroatoms. The van der Waals surface area contributed by atoms with Gasteiger partial charge >= 0.3 is 12.1 Å². The van der Waals surface area contributed by atoms with Crippen LogP contribution in [0.3, 0.4) is 0 Å². The Kier molecular flexibility index (Phi) is 15.0. The van der Waals surface area contributed by atoms with E-state index in [1.165, 1.54) is 34.8 Å². The number of hydrogen-bond donors (Lipinski definition) is 2. The molecule has 1 unspecified atom stereocenters. The molecule has 0 aliphatic heterocycles. The van der Waals surface area contributed by atoms with Crippen molar-refractivity contribution in [1.82, 2.24) is 4.90 Å². The molecular weight excluding hydrogens is 609 g/mol. The van der Waals surface area contributed by atoms with E-state index in [0.717, 1.165) is 57.9 Å². The predicted molar refractivity (Wildman–Crippen MR) is 173 cm³/mol. The largest absolute Gasteiger partial charge is 0.508 e. The third-order valence-electron chi connectivity index (χ3n) is 8.61. The lowest BCUT2D eigenvalue weighted by Gasteiger charge is -2.23. The molecule has 2 N–H and O–H groups in total. The topological polar surface area (TPSA) is 60.8 Å². The van der Waals surface area contributed by atoms with Crippen LogP contribution in [0.1, 0.15) is 94.2 Å². The van der Waals surface area contributed by atoms with Gasteiger partial charge in [-0.3, -0.25) is 4.21 Å². The monoisotopic (exact) mass is 657 g/mol. The molecule has 1 aliphatic rings. The van der Waals surface area contributed by atoms with Gasteiger partial charge in [-0.25, -0.2) is 0 Å². The number of alkyl halides is 5. The number of aryl methyl sites for hydroxylation is 1. The molecular formula is C35H48F5NO3S. The standard InChI is InChI=1S/C35H48F5NO3S/c1-27(19-20-34(36,37)35(38,39)40)45(44)25-11-23-41(22-10-24-42)21-8-3-2-7-15-33-31(28-12-5-4-6-13-28)16-9-14-29-26-30(43)17-18-32(29)33/h4-6,12-13,17-18,26-27,42-43H,2-3,7-11,14-16,19-25H2,1H3/t27-,45?/m0/s1. The Bertz CT molecular complexity index is 1240. The first-order chi connectivity index (χ1) is 21.4. The summed E-state index contributed by atoms with van der Waals surface area (Å²) in [5.74, 6) is -4.22. The second-order valence-corrected chi connectivity index (χ2v) is 14.1. The average molecular weight is 658 g/mol. The van der Waals surface area contributed by atoms with Gasteiger partial charge < -0.3 is 15.1 Å². The molecule has 2 atom stereocenters. The van der Waals surface area contributed by atoms with Gasteiger partial charge in [0.05, 0.1) is 0 Å². The van der Waals surface area contributed by atoms with E-state index in [0.29, 0.717) is 31.7 Å². The number of allylic oxidation sites excluding steroid dienone is 2. The molecule has 1 aliphatic carbocycles. The van der Waals surface area contributed by atoms with Crippen molar-refractivity contribution in [3.63, 3.8) is 0 Å². The van der Waals surface area contributed by atoms with Crippen molar-refractivity contribution in [3.8, 4) is 5.75 Å². The molecule has 0 bridgehead atoms. The lowest BCUT2D eigenvalue weighted by Crippen LogP contribution is -2.37. The number of halogens is 5. The Morgan fingerprint density at radius 1 is 0.889 bits per heavy atom. The van der Waals surface area contributed by atoms with E-state index in [1.807, 2.05) is 12.1 Å². The number of aromatic hydroxyl groups is 1. The van der Waals surface area contributed by atoms with Crippen LogP contribution < -0.4 is 0 Å². The molecule has 0 saturated carbocycles. The van der Waals surface area contributed by atoms with E-state index >= 15 is 0 Å². The Balaban J connectivity index is 1.47. The van der Waals surface area contributed by atoms with E-state index in [4.69, 9.17) is 0 Å². The second-order valence-electron chi connectivity index (χ2n) is 12.1. The van der Waals surface area contributed by atoms with Crippen LogP contribution in [-0.4, -0.2) is 68.7 Å². The molecule has 0 spiro atoms.